The molecule has 1 unspecified atom stereocenters. The van der Waals surface area contributed by atoms with Gasteiger partial charge in [0.1, 0.15) is 0 Å². The smallest absolute Gasteiger partial charge is 0.388 e. The van der Waals surface area contributed by atoms with Gasteiger partial charge >= 0.3 is 6.18 Å². The minimum Gasteiger partial charge on any atom is -0.388 e. The van der Waals surface area contributed by atoms with Gasteiger partial charge in [-0.05, 0) is 31.5 Å². The van der Waals surface area contributed by atoms with Crippen molar-refractivity contribution in [1.82, 2.24) is 4.72 Å². The van der Waals surface area contributed by atoms with Crippen molar-refractivity contribution in [3.8, 4) is 0 Å². The van der Waals surface area contributed by atoms with Crippen molar-refractivity contribution in [3.05, 3.63) is 29.3 Å². The normalized spacial score (nSPS) is 14.0. The molecule has 0 saturated heterocycles. The van der Waals surface area contributed by atoms with Gasteiger partial charge < -0.3 is 5.73 Å². The molecular weight excluding hydrogens is 307 g/mol. The molecule has 0 spiro atoms. The van der Waals surface area contributed by atoms with Crippen LogP contribution >= 0.6 is 0 Å². The summed E-state index contributed by atoms with van der Waals surface area (Å²) in [4.78, 5) is -0.437. The molecule has 0 saturated carbocycles. The first-order chi connectivity index (χ1) is 9.45. The van der Waals surface area contributed by atoms with Gasteiger partial charge in [-0.15, -0.1) is 0 Å². The van der Waals surface area contributed by atoms with Gasteiger partial charge in [0, 0.05) is 12.5 Å². The summed E-state index contributed by atoms with van der Waals surface area (Å²) in [5.74, 6) is -0.217. The second kappa shape index (κ2) is 6.02. The van der Waals surface area contributed by atoms with Crippen LogP contribution in [-0.4, -0.2) is 20.3 Å². The number of rotatable bonds is 5. The molecule has 21 heavy (non-hydrogen) atoms. The number of nitrogens with two attached hydrogens (primary N) is 1. The van der Waals surface area contributed by atoms with E-state index in [1.165, 1.54) is 6.92 Å². The third kappa shape index (κ3) is 4.43. The van der Waals surface area contributed by atoms with Crippen LogP contribution < -0.4 is 10.5 Å². The molecule has 1 aromatic carbocycles. The molecule has 9 heteroatoms. The van der Waals surface area contributed by atoms with Gasteiger partial charge in [0.25, 0.3) is 0 Å². The van der Waals surface area contributed by atoms with Crippen LogP contribution in [0.5, 0.6) is 0 Å². The Hall–Kier alpha value is -1.61. The minimum atomic E-state index is -4.62. The summed E-state index contributed by atoms with van der Waals surface area (Å²) in [7, 11) is -4.12. The lowest BCUT2D eigenvalue weighted by molar-refractivity contribution is -0.138. The summed E-state index contributed by atoms with van der Waals surface area (Å²) in [5, 5.41) is 7.09. The van der Waals surface area contributed by atoms with Gasteiger partial charge in [0.05, 0.1) is 16.3 Å². The standard InChI is InChI=1S/C12H16F3N3O2S/c1-7(6-11(16)17)18-21(19,20)10-5-3-4-9(8(10)2)12(13,14)15/h3-5,7,18H,6H2,1-2H3,(H3,16,17). The first kappa shape index (κ1) is 17.4. The fraction of sp³-hybridized carbons (Fsp3) is 0.417. The second-order valence-corrected chi connectivity index (χ2v) is 6.36. The summed E-state index contributed by atoms with van der Waals surface area (Å²) in [6.45, 7) is 2.58. The Kier molecular flexibility index (Phi) is 5.00. The molecule has 1 rings (SSSR count). The zero-order valence-electron chi connectivity index (χ0n) is 11.5. The molecule has 0 amide bonds. The van der Waals surface area contributed by atoms with Gasteiger partial charge in [-0.25, -0.2) is 13.1 Å². The van der Waals surface area contributed by atoms with E-state index < -0.39 is 32.7 Å². The van der Waals surface area contributed by atoms with Gasteiger partial charge in [-0.2, -0.15) is 13.2 Å². The lowest BCUT2D eigenvalue weighted by Gasteiger charge is -2.17. The van der Waals surface area contributed by atoms with E-state index in [1.807, 2.05) is 0 Å². The molecule has 1 aromatic rings. The Labute approximate surface area is 120 Å². The first-order valence-corrected chi connectivity index (χ1v) is 7.45. The number of hydrogen-bond donors (Lipinski definition) is 3. The number of sulfonamides is 1. The van der Waals surface area contributed by atoms with Crippen molar-refractivity contribution in [2.75, 3.05) is 0 Å². The molecule has 0 aliphatic carbocycles. The molecule has 0 heterocycles. The van der Waals surface area contributed by atoms with Crippen LogP contribution in [0.1, 0.15) is 24.5 Å². The quantitative estimate of drug-likeness (QED) is 0.571. The van der Waals surface area contributed by atoms with Gasteiger partial charge in [-0.3, -0.25) is 5.41 Å². The highest BCUT2D eigenvalue weighted by Gasteiger charge is 2.34. The van der Waals surface area contributed by atoms with Crippen LogP contribution in [0.25, 0.3) is 0 Å². The maximum Gasteiger partial charge on any atom is 0.416 e. The molecular formula is C12H16F3N3O2S. The van der Waals surface area contributed by atoms with Crippen LogP contribution in [0.2, 0.25) is 0 Å². The highest BCUT2D eigenvalue weighted by Crippen LogP contribution is 2.34. The maximum absolute atomic E-state index is 12.8. The molecule has 0 aliphatic rings. The summed E-state index contributed by atoms with van der Waals surface area (Å²) in [6.07, 6.45) is -4.65. The molecule has 4 N–H and O–H groups in total. The van der Waals surface area contributed by atoms with Crippen molar-refractivity contribution in [2.24, 2.45) is 5.73 Å². The molecule has 1 atom stereocenters. The Morgan fingerprint density at radius 3 is 2.48 bits per heavy atom. The van der Waals surface area contributed by atoms with Gasteiger partial charge in [0.2, 0.25) is 10.0 Å². The third-order valence-electron chi connectivity index (χ3n) is 2.76. The lowest BCUT2D eigenvalue weighted by Crippen LogP contribution is -2.36. The fourth-order valence-corrected chi connectivity index (χ4v) is 3.42. The first-order valence-electron chi connectivity index (χ1n) is 5.97. The van der Waals surface area contributed by atoms with Crippen molar-refractivity contribution >= 4 is 15.9 Å². The van der Waals surface area contributed by atoms with E-state index in [-0.39, 0.29) is 17.8 Å². The van der Waals surface area contributed by atoms with E-state index in [0.717, 1.165) is 25.1 Å². The summed E-state index contributed by atoms with van der Waals surface area (Å²) < 4.78 is 64.9. The number of hydrogen-bond acceptors (Lipinski definition) is 3. The molecule has 5 nitrogen and oxygen atoms in total. The number of amidine groups is 1. The van der Waals surface area contributed by atoms with Gasteiger partial charge in [0.15, 0.2) is 0 Å². The van der Waals surface area contributed by atoms with Crippen molar-refractivity contribution < 1.29 is 21.6 Å². The predicted molar refractivity (Wildman–Crippen MR) is 72.5 cm³/mol. The number of benzene rings is 1. The zero-order valence-corrected chi connectivity index (χ0v) is 12.3. The van der Waals surface area contributed by atoms with Crippen LogP contribution in [0.15, 0.2) is 23.1 Å². The summed E-state index contributed by atoms with van der Waals surface area (Å²) in [6, 6.07) is 2.28. The zero-order chi connectivity index (χ0) is 16.4. The monoisotopic (exact) mass is 323 g/mol. The van der Waals surface area contributed by atoms with Crippen molar-refractivity contribution in [1.29, 1.82) is 5.41 Å². The topological polar surface area (TPSA) is 96.0 Å². The Bertz CT molecular complexity index is 642. The SMILES string of the molecule is Cc1c(C(F)(F)F)cccc1S(=O)(=O)NC(C)CC(=N)N. The molecule has 0 aliphatic heterocycles. The van der Waals surface area contributed by atoms with E-state index >= 15 is 0 Å². The highest BCUT2D eigenvalue weighted by molar-refractivity contribution is 7.89. The fourth-order valence-electron chi connectivity index (χ4n) is 1.91. The van der Waals surface area contributed by atoms with Crippen molar-refractivity contribution in [3.63, 3.8) is 0 Å². The summed E-state index contributed by atoms with van der Waals surface area (Å²) >= 11 is 0. The van der Waals surface area contributed by atoms with Gasteiger partial charge in [-0.1, -0.05) is 6.07 Å². The molecule has 0 fully saturated rings. The average molecular weight is 323 g/mol. The number of alkyl halides is 3. The van der Waals surface area contributed by atoms with E-state index in [4.69, 9.17) is 11.1 Å². The minimum absolute atomic E-state index is 0.0305. The Balaban J connectivity index is 3.18. The second-order valence-electron chi connectivity index (χ2n) is 4.68. The lowest BCUT2D eigenvalue weighted by atomic mass is 10.1. The molecule has 0 radical (unpaired) electrons. The van der Waals surface area contributed by atoms with Crippen molar-refractivity contribution in [2.45, 2.75) is 37.4 Å². The van der Waals surface area contributed by atoms with Crippen LogP contribution in [0.3, 0.4) is 0 Å². The number of nitrogens with one attached hydrogen (secondary N) is 2. The Morgan fingerprint density at radius 1 is 1.43 bits per heavy atom. The largest absolute Gasteiger partial charge is 0.416 e. The van der Waals surface area contributed by atoms with E-state index in [9.17, 15) is 21.6 Å². The predicted octanol–water partition coefficient (Wildman–Crippen LogP) is 2.01. The average Bonchev–Trinajstić information content (AvgIpc) is 2.24. The molecule has 0 aromatic heterocycles. The molecule has 0 bridgehead atoms. The van der Waals surface area contributed by atoms with Crippen LogP contribution in [-0.2, 0) is 16.2 Å². The van der Waals surface area contributed by atoms with E-state index in [1.54, 1.807) is 0 Å². The third-order valence-corrected chi connectivity index (χ3v) is 4.50. The van der Waals surface area contributed by atoms with E-state index in [2.05, 4.69) is 4.72 Å². The summed E-state index contributed by atoms with van der Waals surface area (Å²) in [5.41, 5.74) is 3.80. The van der Waals surface area contributed by atoms with E-state index in [0.29, 0.717) is 0 Å². The number of halogens is 3. The van der Waals surface area contributed by atoms with Crippen LogP contribution in [0, 0.1) is 12.3 Å². The maximum atomic E-state index is 12.8. The highest BCUT2D eigenvalue weighted by atomic mass is 32.2. The molecule has 118 valence electrons. The Morgan fingerprint density at radius 2 is 2.00 bits per heavy atom. The van der Waals surface area contributed by atoms with Crippen LogP contribution in [0.4, 0.5) is 13.2 Å².